The van der Waals surface area contributed by atoms with Crippen LogP contribution in [0.2, 0.25) is 0 Å². The Balaban J connectivity index is 2.62. The molecule has 1 aromatic rings. The zero-order chi connectivity index (χ0) is 13.1. The summed E-state index contributed by atoms with van der Waals surface area (Å²) in [6.07, 6.45) is -0.431. The summed E-state index contributed by atoms with van der Waals surface area (Å²) in [5.41, 5.74) is 6.35. The van der Waals surface area contributed by atoms with E-state index in [4.69, 9.17) is 10.5 Å². The van der Waals surface area contributed by atoms with Crippen LogP contribution in [0.5, 0.6) is 0 Å². The van der Waals surface area contributed by atoms with E-state index in [1.165, 1.54) is 5.56 Å². The first kappa shape index (κ1) is 14.0. The van der Waals surface area contributed by atoms with Crippen molar-refractivity contribution in [1.82, 2.24) is 5.32 Å². The Bertz CT molecular complexity index is 382. The first-order valence-electron chi connectivity index (χ1n) is 5.56. The van der Waals surface area contributed by atoms with E-state index in [-0.39, 0.29) is 6.04 Å². The fraction of sp³-hybridized carbons (Fsp3) is 0.583. The summed E-state index contributed by atoms with van der Waals surface area (Å²) >= 11 is 1.59. The van der Waals surface area contributed by atoms with Gasteiger partial charge in [0, 0.05) is 11.4 Å². The molecule has 3 N–H and O–H groups in total. The quantitative estimate of drug-likeness (QED) is 0.873. The summed E-state index contributed by atoms with van der Waals surface area (Å²) in [6, 6.07) is 1.85. The number of rotatable bonds is 3. The monoisotopic (exact) mass is 256 g/mol. The second kappa shape index (κ2) is 5.51. The number of hydrogen-bond acceptors (Lipinski definition) is 4. The molecule has 0 aliphatic heterocycles. The van der Waals surface area contributed by atoms with Gasteiger partial charge in [0.25, 0.3) is 0 Å². The van der Waals surface area contributed by atoms with Crippen molar-refractivity contribution in [3.63, 3.8) is 0 Å². The number of carbonyl (C=O) groups excluding carboxylic acids is 1. The number of aryl methyl sites for hydroxylation is 1. The van der Waals surface area contributed by atoms with Gasteiger partial charge in [-0.15, -0.1) is 11.3 Å². The van der Waals surface area contributed by atoms with E-state index in [0.29, 0.717) is 6.54 Å². The fourth-order valence-corrected chi connectivity index (χ4v) is 2.30. The first-order valence-corrected chi connectivity index (χ1v) is 6.44. The molecule has 4 nitrogen and oxygen atoms in total. The van der Waals surface area contributed by atoms with Gasteiger partial charge in [-0.1, -0.05) is 0 Å². The summed E-state index contributed by atoms with van der Waals surface area (Å²) in [7, 11) is 0. The maximum absolute atomic E-state index is 11.6. The van der Waals surface area contributed by atoms with Crippen molar-refractivity contribution in [2.45, 2.75) is 39.3 Å². The van der Waals surface area contributed by atoms with Crippen LogP contribution < -0.4 is 11.1 Å². The third-order valence-electron chi connectivity index (χ3n) is 2.02. The van der Waals surface area contributed by atoms with Crippen LogP contribution in [0.25, 0.3) is 0 Å². The second-order valence-corrected chi connectivity index (χ2v) is 5.90. The van der Waals surface area contributed by atoms with Crippen LogP contribution in [0.4, 0.5) is 4.79 Å². The smallest absolute Gasteiger partial charge is 0.408 e. The molecule has 96 valence electrons. The summed E-state index contributed by atoms with van der Waals surface area (Å²) in [6.45, 7) is 7.87. The highest BCUT2D eigenvalue weighted by atomic mass is 32.1. The largest absolute Gasteiger partial charge is 0.444 e. The van der Waals surface area contributed by atoms with Gasteiger partial charge in [0.05, 0.1) is 6.04 Å². The predicted molar refractivity (Wildman–Crippen MR) is 70.2 cm³/mol. The zero-order valence-electron chi connectivity index (χ0n) is 10.7. The molecular formula is C12H20N2O2S. The van der Waals surface area contributed by atoms with Gasteiger partial charge in [-0.3, -0.25) is 0 Å². The lowest BCUT2D eigenvalue weighted by Crippen LogP contribution is -2.37. The molecule has 0 aromatic carbocycles. The minimum Gasteiger partial charge on any atom is -0.444 e. The van der Waals surface area contributed by atoms with Crippen LogP contribution in [-0.2, 0) is 4.74 Å². The van der Waals surface area contributed by atoms with Gasteiger partial charge in [0.15, 0.2) is 0 Å². The molecule has 1 atom stereocenters. The highest BCUT2D eigenvalue weighted by molar-refractivity contribution is 7.10. The summed E-state index contributed by atoms with van der Waals surface area (Å²) in [4.78, 5) is 12.7. The van der Waals surface area contributed by atoms with Gasteiger partial charge in [-0.25, -0.2) is 4.79 Å². The minimum absolute atomic E-state index is 0.177. The number of nitrogens with two attached hydrogens (primary N) is 1. The molecule has 0 fully saturated rings. The second-order valence-electron chi connectivity index (χ2n) is 4.96. The molecule has 0 bridgehead atoms. The van der Waals surface area contributed by atoms with Crippen LogP contribution in [-0.4, -0.2) is 18.2 Å². The standard InChI is InChI=1S/C12H20N2O2S/c1-8-5-10(17-7-8)9(6-13)14-11(15)16-12(2,3)4/h5,7,9H,6,13H2,1-4H3,(H,14,15). The first-order chi connectivity index (χ1) is 7.81. The van der Waals surface area contributed by atoms with Crippen molar-refractivity contribution in [3.05, 3.63) is 21.9 Å². The number of ether oxygens (including phenoxy) is 1. The van der Waals surface area contributed by atoms with Crippen molar-refractivity contribution in [3.8, 4) is 0 Å². The zero-order valence-corrected chi connectivity index (χ0v) is 11.6. The number of hydrogen-bond donors (Lipinski definition) is 2. The van der Waals surface area contributed by atoms with Gasteiger partial charge in [0.2, 0.25) is 0 Å². The van der Waals surface area contributed by atoms with Crippen LogP contribution in [0.3, 0.4) is 0 Å². The number of nitrogens with one attached hydrogen (secondary N) is 1. The van der Waals surface area contributed by atoms with Crippen molar-refractivity contribution < 1.29 is 9.53 Å². The molecule has 0 saturated heterocycles. The fourth-order valence-electron chi connectivity index (χ4n) is 1.33. The third kappa shape index (κ3) is 4.75. The number of alkyl carbamates (subject to hydrolysis) is 1. The highest BCUT2D eigenvalue weighted by Gasteiger charge is 2.20. The molecule has 1 aromatic heterocycles. The molecule has 1 amide bonds. The van der Waals surface area contributed by atoms with E-state index in [1.807, 2.05) is 39.1 Å². The van der Waals surface area contributed by atoms with E-state index in [1.54, 1.807) is 11.3 Å². The SMILES string of the molecule is Cc1csc(C(CN)NC(=O)OC(C)(C)C)c1. The Morgan fingerprint density at radius 3 is 2.65 bits per heavy atom. The Morgan fingerprint density at radius 2 is 2.24 bits per heavy atom. The van der Waals surface area contributed by atoms with Crippen molar-refractivity contribution in [1.29, 1.82) is 0 Å². The lowest BCUT2D eigenvalue weighted by atomic mass is 10.2. The summed E-state index contributed by atoms with van der Waals surface area (Å²) in [5.74, 6) is 0. The number of amides is 1. The molecule has 0 saturated carbocycles. The Morgan fingerprint density at radius 1 is 1.59 bits per heavy atom. The maximum Gasteiger partial charge on any atom is 0.408 e. The van der Waals surface area contributed by atoms with E-state index in [0.717, 1.165) is 4.88 Å². The van der Waals surface area contributed by atoms with Crippen molar-refractivity contribution in [2.24, 2.45) is 5.73 Å². The molecular weight excluding hydrogens is 236 g/mol. The van der Waals surface area contributed by atoms with Crippen molar-refractivity contribution in [2.75, 3.05) is 6.54 Å². The molecule has 0 aliphatic rings. The van der Waals surface area contributed by atoms with Crippen LogP contribution in [0.1, 0.15) is 37.3 Å². The van der Waals surface area contributed by atoms with Gasteiger partial charge >= 0.3 is 6.09 Å². The van der Waals surface area contributed by atoms with Gasteiger partial charge in [-0.05, 0) is 44.7 Å². The molecule has 1 unspecified atom stereocenters. The average Bonchev–Trinajstić information content (AvgIpc) is 2.58. The summed E-state index contributed by atoms with van der Waals surface area (Å²) < 4.78 is 5.20. The van der Waals surface area contributed by atoms with Gasteiger partial charge < -0.3 is 15.8 Å². The Kier molecular flexibility index (Phi) is 4.54. The van der Waals surface area contributed by atoms with E-state index in [9.17, 15) is 4.79 Å². The third-order valence-corrected chi connectivity index (χ3v) is 3.19. The Hall–Kier alpha value is -1.07. The predicted octanol–water partition coefficient (Wildman–Crippen LogP) is 2.58. The van der Waals surface area contributed by atoms with Crippen LogP contribution >= 0.6 is 11.3 Å². The lowest BCUT2D eigenvalue weighted by molar-refractivity contribution is 0.0506. The van der Waals surface area contributed by atoms with E-state index in [2.05, 4.69) is 5.32 Å². The normalized spacial score (nSPS) is 13.2. The molecule has 0 spiro atoms. The van der Waals surface area contributed by atoms with Gasteiger partial charge in [0.1, 0.15) is 5.60 Å². The number of carbonyl (C=O) groups is 1. The molecule has 0 aliphatic carbocycles. The Labute approximate surface area is 106 Å². The molecule has 1 rings (SSSR count). The number of thiophene rings is 1. The molecule has 1 heterocycles. The highest BCUT2D eigenvalue weighted by Crippen LogP contribution is 2.21. The lowest BCUT2D eigenvalue weighted by Gasteiger charge is -2.22. The summed E-state index contributed by atoms with van der Waals surface area (Å²) in [5, 5.41) is 4.81. The van der Waals surface area contributed by atoms with Gasteiger partial charge in [-0.2, -0.15) is 0 Å². The molecule has 5 heteroatoms. The average molecular weight is 256 g/mol. The maximum atomic E-state index is 11.6. The van der Waals surface area contributed by atoms with Crippen LogP contribution in [0, 0.1) is 6.92 Å². The molecule has 0 radical (unpaired) electrons. The minimum atomic E-state index is -0.491. The van der Waals surface area contributed by atoms with Crippen LogP contribution in [0.15, 0.2) is 11.4 Å². The topological polar surface area (TPSA) is 64.3 Å². The van der Waals surface area contributed by atoms with Crippen molar-refractivity contribution >= 4 is 17.4 Å². The van der Waals surface area contributed by atoms with E-state index < -0.39 is 11.7 Å². The van der Waals surface area contributed by atoms with E-state index >= 15 is 0 Å². The molecule has 17 heavy (non-hydrogen) atoms.